The van der Waals surface area contributed by atoms with E-state index in [1.807, 2.05) is 0 Å². The number of rotatable bonds is 7. The van der Waals surface area contributed by atoms with Crippen molar-refractivity contribution in [3.63, 3.8) is 0 Å². The molecule has 2 aromatic rings. The lowest BCUT2D eigenvalue weighted by Crippen LogP contribution is -2.15. The van der Waals surface area contributed by atoms with E-state index in [9.17, 15) is 8.42 Å². The Morgan fingerprint density at radius 1 is 1.09 bits per heavy atom. The first-order chi connectivity index (χ1) is 10.5. The number of aromatic nitrogens is 2. The lowest BCUT2D eigenvalue weighted by atomic mass is 10.3. The van der Waals surface area contributed by atoms with Gasteiger partial charge in [-0.2, -0.15) is 0 Å². The van der Waals surface area contributed by atoms with Crippen molar-refractivity contribution < 1.29 is 8.42 Å². The van der Waals surface area contributed by atoms with Gasteiger partial charge >= 0.3 is 0 Å². The molecule has 22 heavy (non-hydrogen) atoms. The highest BCUT2D eigenvalue weighted by Gasteiger charge is 2.18. The zero-order chi connectivity index (χ0) is 16.0. The fourth-order valence-corrected chi connectivity index (χ4v) is 3.25. The van der Waals surface area contributed by atoms with Gasteiger partial charge in [0.25, 0.3) is 10.0 Å². The van der Waals surface area contributed by atoms with Crippen LogP contribution in [0.2, 0.25) is 5.02 Å². The van der Waals surface area contributed by atoms with Gasteiger partial charge in [0.1, 0.15) is 10.7 Å². The normalized spacial score (nSPS) is 11.2. The second kappa shape index (κ2) is 7.42. The number of nitrogens with zero attached hydrogens (tertiary/aromatic N) is 2. The standard InChI is InChI=1S/C14H17ClN4O2S/c1-2-3-10-16-13-8-9-14(18-17-13)19-22(20,21)12-7-5-4-6-11(12)15/h4-9H,2-3,10H2,1H3,(H,16,17)(H,18,19). The maximum Gasteiger partial charge on any atom is 0.264 e. The molecule has 0 spiro atoms. The minimum absolute atomic E-state index is 0.00335. The van der Waals surface area contributed by atoms with Crippen LogP contribution < -0.4 is 10.0 Å². The molecular formula is C14H17ClN4O2S. The molecule has 0 saturated heterocycles. The van der Waals surface area contributed by atoms with Crippen LogP contribution in [-0.4, -0.2) is 25.2 Å². The zero-order valence-electron chi connectivity index (χ0n) is 12.1. The highest BCUT2D eigenvalue weighted by Crippen LogP contribution is 2.22. The highest BCUT2D eigenvalue weighted by atomic mass is 35.5. The van der Waals surface area contributed by atoms with Crippen LogP contribution in [0.3, 0.4) is 0 Å². The number of benzene rings is 1. The van der Waals surface area contributed by atoms with E-state index in [4.69, 9.17) is 11.6 Å². The number of nitrogens with one attached hydrogen (secondary N) is 2. The van der Waals surface area contributed by atoms with Crippen LogP contribution in [0.5, 0.6) is 0 Å². The molecule has 0 aliphatic heterocycles. The van der Waals surface area contributed by atoms with Crippen LogP contribution in [0.4, 0.5) is 11.6 Å². The third-order valence-corrected chi connectivity index (χ3v) is 4.72. The van der Waals surface area contributed by atoms with Gasteiger partial charge in [-0.25, -0.2) is 8.42 Å². The Morgan fingerprint density at radius 3 is 2.41 bits per heavy atom. The molecule has 0 amide bonds. The Morgan fingerprint density at radius 2 is 1.77 bits per heavy atom. The summed E-state index contributed by atoms with van der Waals surface area (Å²) >= 11 is 5.91. The van der Waals surface area contributed by atoms with E-state index in [0.29, 0.717) is 5.82 Å². The van der Waals surface area contributed by atoms with Gasteiger partial charge in [-0.15, -0.1) is 10.2 Å². The second-order valence-electron chi connectivity index (χ2n) is 4.62. The van der Waals surface area contributed by atoms with Crippen LogP contribution in [0.25, 0.3) is 0 Å². The Kier molecular flexibility index (Phi) is 5.57. The smallest absolute Gasteiger partial charge is 0.264 e. The summed E-state index contributed by atoms with van der Waals surface area (Å²) in [6.07, 6.45) is 2.11. The van der Waals surface area contributed by atoms with E-state index in [0.717, 1.165) is 19.4 Å². The zero-order valence-corrected chi connectivity index (χ0v) is 13.7. The van der Waals surface area contributed by atoms with Crippen LogP contribution in [0.1, 0.15) is 19.8 Å². The molecule has 2 N–H and O–H groups in total. The molecule has 0 fully saturated rings. The molecule has 0 radical (unpaired) electrons. The first-order valence-electron chi connectivity index (χ1n) is 6.88. The predicted octanol–water partition coefficient (Wildman–Crippen LogP) is 3.14. The van der Waals surface area contributed by atoms with Crippen molar-refractivity contribution in [2.45, 2.75) is 24.7 Å². The molecule has 0 aliphatic rings. The number of hydrogen-bond donors (Lipinski definition) is 2. The van der Waals surface area contributed by atoms with Crippen molar-refractivity contribution in [1.29, 1.82) is 0 Å². The number of sulfonamides is 1. The Balaban J connectivity index is 2.09. The third kappa shape index (κ3) is 4.32. The summed E-state index contributed by atoms with van der Waals surface area (Å²) in [6.45, 7) is 2.90. The van der Waals surface area contributed by atoms with Gasteiger partial charge in [0.2, 0.25) is 0 Å². The van der Waals surface area contributed by atoms with E-state index >= 15 is 0 Å². The molecule has 1 heterocycles. The van der Waals surface area contributed by atoms with Crippen molar-refractivity contribution in [3.05, 3.63) is 41.4 Å². The minimum Gasteiger partial charge on any atom is -0.369 e. The fraction of sp³-hybridized carbons (Fsp3) is 0.286. The summed E-state index contributed by atoms with van der Waals surface area (Å²) in [5.74, 6) is 0.745. The maximum absolute atomic E-state index is 12.2. The molecule has 6 nitrogen and oxygen atoms in total. The second-order valence-corrected chi connectivity index (χ2v) is 6.68. The number of halogens is 1. The summed E-state index contributed by atoms with van der Waals surface area (Å²) in [5.41, 5.74) is 0. The molecule has 0 bridgehead atoms. The number of hydrogen-bond acceptors (Lipinski definition) is 5. The minimum atomic E-state index is -3.78. The van der Waals surface area contributed by atoms with Gasteiger partial charge < -0.3 is 5.32 Å². The molecular weight excluding hydrogens is 324 g/mol. The number of unbranched alkanes of at least 4 members (excludes halogenated alkanes) is 1. The summed E-state index contributed by atoms with van der Waals surface area (Å²) in [6, 6.07) is 9.44. The van der Waals surface area contributed by atoms with E-state index in [-0.39, 0.29) is 15.7 Å². The van der Waals surface area contributed by atoms with Crippen LogP contribution in [-0.2, 0) is 10.0 Å². The highest BCUT2D eigenvalue weighted by molar-refractivity contribution is 7.92. The third-order valence-electron chi connectivity index (χ3n) is 2.87. The average molecular weight is 341 g/mol. The summed E-state index contributed by atoms with van der Waals surface area (Å²) in [5, 5.41) is 11.0. The molecule has 0 atom stereocenters. The molecule has 0 aliphatic carbocycles. The SMILES string of the molecule is CCCCNc1ccc(NS(=O)(=O)c2ccccc2Cl)nn1. The molecule has 0 unspecified atom stereocenters. The van der Waals surface area contributed by atoms with E-state index < -0.39 is 10.0 Å². The maximum atomic E-state index is 12.2. The van der Waals surface area contributed by atoms with Crippen LogP contribution in [0, 0.1) is 0 Å². The Labute approximate surface area is 135 Å². The van der Waals surface area contributed by atoms with E-state index in [1.54, 1.807) is 24.3 Å². The monoisotopic (exact) mass is 340 g/mol. The van der Waals surface area contributed by atoms with E-state index in [1.165, 1.54) is 12.1 Å². The lowest BCUT2D eigenvalue weighted by molar-refractivity contribution is 0.601. The summed E-state index contributed by atoms with van der Waals surface area (Å²) < 4.78 is 26.8. The van der Waals surface area contributed by atoms with Crippen molar-refractivity contribution in [2.75, 3.05) is 16.6 Å². The van der Waals surface area contributed by atoms with Crippen LogP contribution in [0.15, 0.2) is 41.3 Å². The molecule has 1 aromatic carbocycles. The molecule has 118 valence electrons. The summed E-state index contributed by atoms with van der Waals surface area (Å²) in [7, 11) is -3.78. The molecule has 1 aromatic heterocycles. The van der Waals surface area contributed by atoms with Gasteiger partial charge in [0.15, 0.2) is 5.82 Å². The first kappa shape index (κ1) is 16.5. The fourth-order valence-electron chi connectivity index (χ4n) is 1.73. The van der Waals surface area contributed by atoms with Crippen LogP contribution >= 0.6 is 11.6 Å². The van der Waals surface area contributed by atoms with Gasteiger partial charge in [0.05, 0.1) is 5.02 Å². The quantitative estimate of drug-likeness (QED) is 0.756. The molecule has 2 rings (SSSR count). The Bertz CT molecular complexity index is 720. The molecule has 8 heteroatoms. The van der Waals surface area contributed by atoms with E-state index in [2.05, 4.69) is 27.2 Å². The molecule has 0 saturated carbocycles. The van der Waals surface area contributed by atoms with Gasteiger partial charge in [-0.1, -0.05) is 37.1 Å². The van der Waals surface area contributed by atoms with Crippen molar-refractivity contribution >= 4 is 33.3 Å². The average Bonchev–Trinajstić information content (AvgIpc) is 2.49. The topological polar surface area (TPSA) is 84.0 Å². The largest absolute Gasteiger partial charge is 0.369 e. The van der Waals surface area contributed by atoms with Crippen molar-refractivity contribution in [2.24, 2.45) is 0 Å². The van der Waals surface area contributed by atoms with Gasteiger partial charge in [0, 0.05) is 6.54 Å². The summed E-state index contributed by atoms with van der Waals surface area (Å²) in [4.78, 5) is 0.00335. The van der Waals surface area contributed by atoms with Crippen molar-refractivity contribution in [1.82, 2.24) is 10.2 Å². The number of anilines is 2. The van der Waals surface area contributed by atoms with Gasteiger partial charge in [-0.05, 0) is 30.7 Å². The van der Waals surface area contributed by atoms with Crippen molar-refractivity contribution in [3.8, 4) is 0 Å². The lowest BCUT2D eigenvalue weighted by Gasteiger charge is -2.09. The first-order valence-corrected chi connectivity index (χ1v) is 8.74. The van der Waals surface area contributed by atoms with Gasteiger partial charge in [-0.3, -0.25) is 4.72 Å². The predicted molar refractivity (Wildman–Crippen MR) is 87.7 cm³/mol. The Hall–Kier alpha value is -1.86.